The number of nitrogens with zero attached hydrogens (tertiary/aromatic N) is 1. The van der Waals surface area contributed by atoms with E-state index in [0.29, 0.717) is 25.1 Å². The maximum absolute atomic E-state index is 12.0. The van der Waals surface area contributed by atoms with Gasteiger partial charge in [-0.05, 0) is 50.2 Å². The van der Waals surface area contributed by atoms with E-state index >= 15 is 0 Å². The topological polar surface area (TPSA) is 87.5 Å². The maximum Gasteiger partial charge on any atom is 0.251 e. The van der Waals surface area contributed by atoms with E-state index in [0.717, 1.165) is 17.9 Å². The Labute approximate surface area is 148 Å². The van der Waals surface area contributed by atoms with Gasteiger partial charge in [0.25, 0.3) is 5.91 Å². The summed E-state index contributed by atoms with van der Waals surface area (Å²) in [5.74, 6) is 0.632. The molecule has 2 amide bonds. The predicted octanol–water partition coefficient (Wildman–Crippen LogP) is 0.675. The Morgan fingerprint density at radius 3 is 2.46 bits per heavy atom. The Bertz CT molecular complexity index is 520. The largest absolute Gasteiger partial charge is 0.351 e. The third kappa shape index (κ3) is 7.81. The number of carbonyl (C=O) groups excluding carboxylic acids is 2. The van der Waals surface area contributed by atoms with Crippen molar-refractivity contribution in [3.63, 3.8) is 0 Å². The Morgan fingerprint density at radius 2 is 1.88 bits per heavy atom. The van der Waals surface area contributed by atoms with E-state index in [1.165, 1.54) is 0 Å². The van der Waals surface area contributed by atoms with Gasteiger partial charge in [-0.1, -0.05) is 12.1 Å². The van der Waals surface area contributed by atoms with Crippen LogP contribution in [0.2, 0.25) is 0 Å². The molecule has 0 saturated carbocycles. The van der Waals surface area contributed by atoms with Crippen LogP contribution in [-0.4, -0.2) is 61.9 Å². The molecule has 0 aliphatic rings. The van der Waals surface area contributed by atoms with Crippen LogP contribution in [0.5, 0.6) is 0 Å². The molecule has 6 nitrogen and oxygen atoms in total. The van der Waals surface area contributed by atoms with Crippen molar-refractivity contribution in [2.24, 2.45) is 5.73 Å². The molecule has 0 spiro atoms. The molecule has 0 aromatic heterocycles. The van der Waals surface area contributed by atoms with Gasteiger partial charge in [-0.3, -0.25) is 9.59 Å². The zero-order valence-corrected chi connectivity index (χ0v) is 15.5. The summed E-state index contributed by atoms with van der Waals surface area (Å²) in [6.45, 7) is 1.82. The zero-order valence-electron chi connectivity index (χ0n) is 14.7. The summed E-state index contributed by atoms with van der Waals surface area (Å²) >= 11 is 1.67. The molecule has 0 heterocycles. The van der Waals surface area contributed by atoms with Gasteiger partial charge in [-0.2, -0.15) is 11.8 Å². The summed E-state index contributed by atoms with van der Waals surface area (Å²) < 4.78 is 0. The Balaban J connectivity index is 2.41. The first-order valence-corrected chi connectivity index (χ1v) is 9.37. The smallest absolute Gasteiger partial charge is 0.251 e. The number of hydrogen-bond donors (Lipinski definition) is 3. The Morgan fingerprint density at radius 1 is 1.21 bits per heavy atom. The third-order valence-electron chi connectivity index (χ3n) is 3.50. The highest BCUT2D eigenvalue weighted by Gasteiger charge is 2.12. The van der Waals surface area contributed by atoms with E-state index in [1.807, 2.05) is 37.4 Å². The molecule has 134 valence electrons. The minimum absolute atomic E-state index is 0.0912. The van der Waals surface area contributed by atoms with Crippen LogP contribution in [0.25, 0.3) is 0 Å². The van der Waals surface area contributed by atoms with Gasteiger partial charge in [0.15, 0.2) is 0 Å². The molecule has 0 unspecified atom stereocenters. The number of amides is 2. The van der Waals surface area contributed by atoms with Crippen LogP contribution in [0.1, 0.15) is 22.3 Å². The lowest BCUT2D eigenvalue weighted by molar-refractivity contribution is -0.122. The van der Waals surface area contributed by atoms with Crippen LogP contribution in [0.3, 0.4) is 0 Å². The fourth-order valence-corrected chi connectivity index (χ4v) is 2.45. The van der Waals surface area contributed by atoms with E-state index in [4.69, 9.17) is 5.73 Å². The molecule has 0 aliphatic carbocycles. The second kappa shape index (κ2) is 11.1. The number of nitrogens with two attached hydrogens (primary N) is 1. The van der Waals surface area contributed by atoms with E-state index in [-0.39, 0.29) is 11.8 Å². The van der Waals surface area contributed by atoms with Crippen LogP contribution in [0, 0.1) is 0 Å². The zero-order chi connectivity index (χ0) is 17.9. The SMILES string of the molecule is CSCC[C@H](N)C(=O)NCc1ccc(C(=O)NCCN(C)C)cc1. The number of benzene rings is 1. The molecule has 1 atom stereocenters. The lowest BCUT2D eigenvalue weighted by Crippen LogP contribution is -2.40. The highest BCUT2D eigenvalue weighted by Crippen LogP contribution is 2.05. The minimum atomic E-state index is -0.473. The summed E-state index contributed by atoms with van der Waals surface area (Å²) in [6, 6.07) is 6.74. The monoisotopic (exact) mass is 352 g/mol. The lowest BCUT2D eigenvalue weighted by Gasteiger charge is -2.12. The molecule has 0 aliphatic heterocycles. The van der Waals surface area contributed by atoms with Crippen molar-refractivity contribution in [2.75, 3.05) is 39.2 Å². The quantitative estimate of drug-likeness (QED) is 0.576. The van der Waals surface area contributed by atoms with Gasteiger partial charge in [-0.25, -0.2) is 0 Å². The number of rotatable bonds is 10. The number of hydrogen-bond acceptors (Lipinski definition) is 5. The molecular formula is C17H28N4O2S. The Kier molecular flexibility index (Phi) is 9.44. The number of thioether (sulfide) groups is 1. The average molecular weight is 353 g/mol. The molecule has 1 aromatic rings. The molecular weight excluding hydrogens is 324 g/mol. The fraction of sp³-hybridized carbons (Fsp3) is 0.529. The maximum atomic E-state index is 12.0. The van der Waals surface area contributed by atoms with E-state index in [2.05, 4.69) is 10.6 Å². The van der Waals surface area contributed by atoms with Crippen molar-refractivity contribution in [3.8, 4) is 0 Å². The second-order valence-corrected chi connectivity index (χ2v) is 6.85. The van der Waals surface area contributed by atoms with Crippen molar-refractivity contribution in [1.82, 2.24) is 15.5 Å². The minimum Gasteiger partial charge on any atom is -0.351 e. The highest BCUT2D eigenvalue weighted by atomic mass is 32.2. The van der Waals surface area contributed by atoms with E-state index < -0.39 is 6.04 Å². The van der Waals surface area contributed by atoms with Crippen molar-refractivity contribution >= 4 is 23.6 Å². The summed E-state index contributed by atoms with van der Waals surface area (Å²) in [7, 11) is 3.92. The van der Waals surface area contributed by atoms with Gasteiger partial charge in [0.1, 0.15) is 0 Å². The van der Waals surface area contributed by atoms with Crippen LogP contribution < -0.4 is 16.4 Å². The number of likely N-dealkylation sites (N-methyl/N-ethyl adjacent to an activating group) is 1. The van der Waals surface area contributed by atoms with Crippen molar-refractivity contribution < 1.29 is 9.59 Å². The van der Waals surface area contributed by atoms with Gasteiger partial charge in [-0.15, -0.1) is 0 Å². The van der Waals surface area contributed by atoms with E-state index in [9.17, 15) is 9.59 Å². The van der Waals surface area contributed by atoms with Gasteiger partial charge in [0.2, 0.25) is 5.91 Å². The molecule has 1 aromatic carbocycles. The van der Waals surface area contributed by atoms with Crippen molar-refractivity contribution in [1.29, 1.82) is 0 Å². The average Bonchev–Trinajstić information content (AvgIpc) is 2.57. The standard InChI is InChI=1S/C17H28N4O2S/c1-21(2)10-9-19-16(22)14-6-4-13(5-7-14)12-20-17(23)15(18)8-11-24-3/h4-7,15H,8-12,18H2,1-3H3,(H,19,22)(H,20,23)/t15-/m0/s1. The molecule has 1 rings (SSSR count). The first kappa shape index (κ1) is 20.5. The van der Waals surface area contributed by atoms with Gasteiger partial charge >= 0.3 is 0 Å². The molecule has 0 bridgehead atoms. The molecule has 0 fully saturated rings. The molecule has 0 saturated heterocycles. The fourth-order valence-electron chi connectivity index (χ4n) is 1.97. The number of carbonyl (C=O) groups is 2. The van der Waals surface area contributed by atoms with Crippen molar-refractivity contribution in [3.05, 3.63) is 35.4 Å². The second-order valence-electron chi connectivity index (χ2n) is 5.86. The van der Waals surface area contributed by atoms with Crippen molar-refractivity contribution in [2.45, 2.75) is 19.0 Å². The first-order valence-electron chi connectivity index (χ1n) is 7.98. The molecule has 4 N–H and O–H groups in total. The molecule has 7 heteroatoms. The predicted molar refractivity (Wildman–Crippen MR) is 100 cm³/mol. The summed E-state index contributed by atoms with van der Waals surface area (Å²) in [5, 5.41) is 5.69. The Hall–Kier alpha value is -1.57. The van der Waals surface area contributed by atoms with Crippen LogP contribution in [0.4, 0.5) is 0 Å². The van der Waals surface area contributed by atoms with Gasteiger partial charge in [0, 0.05) is 25.2 Å². The molecule has 24 heavy (non-hydrogen) atoms. The van der Waals surface area contributed by atoms with Crippen LogP contribution >= 0.6 is 11.8 Å². The normalized spacial score (nSPS) is 12.0. The summed E-state index contributed by atoms with van der Waals surface area (Å²) in [6.07, 6.45) is 2.65. The van der Waals surface area contributed by atoms with Crippen LogP contribution in [-0.2, 0) is 11.3 Å². The van der Waals surface area contributed by atoms with E-state index in [1.54, 1.807) is 23.9 Å². The third-order valence-corrected chi connectivity index (χ3v) is 4.14. The lowest BCUT2D eigenvalue weighted by atomic mass is 10.1. The summed E-state index contributed by atoms with van der Waals surface area (Å²) in [4.78, 5) is 25.8. The highest BCUT2D eigenvalue weighted by molar-refractivity contribution is 7.98. The van der Waals surface area contributed by atoms with Crippen LogP contribution in [0.15, 0.2) is 24.3 Å². The molecule has 0 radical (unpaired) electrons. The first-order chi connectivity index (χ1) is 11.4. The van der Waals surface area contributed by atoms with Gasteiger partial charge < -0.3 is 21.3 Å². The summed E-state index contributed by atoms with van der Waals surface area (Å²) in [5.41, 5.74) is 7.36. The van der Waals surface area contributed by atoms with Gasteiger partial charge in [0.05, 0.1) is 6.04 Å². The number of nitrogens with one attached hydrogen (secondary N) is 2.